The lowest BCUT2D eigenvalue weighted by Gasteiger charge is -2.21. The summed E-state index contributed by atoms with van der Waals surface area (Å²) in [5.74, 6) is 0.0345. The highest BCUT2D eigenvalue weighted by molar-refractivity contribution is 5.92. The summed E-state index contributed by atoms with van der Waals surface area (Å²) in [4.78, 5) is 14.1. The summed E-state index contributed by atoms with van der Waals surface area (Å²) >= 11 is 0. The van der Waals surface area contributed by atoms with Crippen LogP contribution >= 0.6 is 0 Å². The van der Waals surface area contributed by atoms with Gasteiger partial charge in [-0.15, -0.1) is 0 Å². The number of ether oxygens (including phenoxy) is 1. The number of amides is 1. The number of nitrogens with one attached hydrogen (secondary N) is 1. The Labute approximate surface area is 136 Å². The number of anilines is 2. The van der Waals surface area contributed by atoms with Crippen molar-refractivity contribution in [3.63, 3.8) is 0 Å². The number of carbonyl (C=O) groups is 1. The van der Waals surface area contributed by atoms with Gasteiger partial charge < -0.3 is 20.1 Å². The smallest absolute Gasteiger partial charge is 0.262 e. The molecule has 23 heavy (non-hydrogen) atoms. The van der Waals surface area contributed by atoms with Crippen LogP contribution in [0.3, 0.4) is 0 Å². The molecule has 2 aromatic rings. The maximum atomic E-state index is 11.9. The Morgan fingerprint density at radius 3 is 2.35 bits per heavy atom. The van der Waals surface area contributed by atoms with Gasteiger partial charge in [-0.25, -0.2) is 0 Å². The third-order valence-corrected chi connectivity index (χ3v) is 3.50. The third-order valence-electron chi connectivity index (χ3n) is 3.50. The lowest BCUT2D eigenvalue weighted by molar-refractivity contribution is -0.118. The molecule has 0 atom stereocenters. The number of phenolic OH excluding ortho intramolecular Hbond substituents is 1. The average molecular weight is 314 g/mol. The van der Waals surface area contributed by atoms with Gasteiger partial charge in [-0.3, -0.25) is 4.79 Å². The molecule has 0 saturated carbocycles. The molecule has 0 aromatic heterocycles. The molecule has 0 radical (unpaired) electrons. The van der Waals surface area contributed by atoms with Gasteiger partial charge in [0.05, 0.1) is 0 Å². The number of carbonyl (C=O) groups excluding carboxylic acids is 1. The van der Waals surface area contributed by atoms with E-state index < -0.39 is 0 Å². The standard InChI is InChI=1S/C18H22N2O3/c1-3-20(4-2)15-11-9-14(10-12-15)19-18(22)13-23-17-8-6-5-7-16(17)21/h5-12,21H,3-4,13H2,1-2H3,(H,19,22). The van der Waals surface area contributed by atoms with E-state index in [2.05, 4.69) is 24.1 Å². The highest BCUT2D eigenvalue weighted by Gasteiger charge is 2.07. The van der Waals surface area contributed by atoms with Crippen LogP contribution in [0.5, 0.6) is 11.5 Å². The Morgan fingerprint density at radius 2 is 1.74 bits per heavy atom. The van der Waals surface area contributed by atoms with E-state index in [-0.39, 0.29) is 18.3 Å². The van der Waals surface area contributed by atoms with E-state index >= 15 is 0 Å². The molecule has 5 heteroatoms. The number of benzene rings is 2. The van der Waals surface area contributed by atoms with E-state index in [4.69, 9.17) is 4.74 Å². The van der Waals surface area contributed by atoms with Gasteiger partial charge in [0.15, 0.2) is 18.1 Å². The minimum Gasteiger partial charge on any atom is -0.504 e. The highest BCUT2D eigenvalue weighted by Crippen LogP contribution is 2.24. The van der Waals surface area contributed by atoms with Crippen LogP contribution in [0.15, 0.2) is 48.5 Å². The van der Waals surface area contributed by atoms with E-state index in [1.165, 1.54) is 6.07 Å². The van der Waals surface area contributed by atoms with Gasteiger partial charge in [-0.2, -0.15) is 0 Å². The average Bonchev–Trinajstić information content (AvgIpc) is 2.57. The van der Waals surface area contributed by atoms with Crippen LogP contribution < -0.4 is 15.0 Å². The molecule has 0 bridgehead atoms. The second kappa shape index (κ2) is 8.08. The fourth-order valence-corrected chi connectivity index (χ4v) is 2.26. The number of nitrogens with zero attached hydrogens (tertiary/aromatic N) is 1. The van der Waals surface area contributed by atoms with E-state index in [1.807, 2.05) is 24.3 Å². The van der Waals surface area contributed by atoms with Gasteiger partial charge in [0.25, 0.3) is 5.91 Å². The molecule has 1 amide bonds. The Balaban J connectivity index is 1.89. The number of hydrogen-bond donors (Lipinski definition) is 2. The minimum atomic E-state index is -0.274. The Kier molecular flexibility index (Phi) is 5.86. The van der Waals surface area contributed by atoms with Crippen molar-refractivity contribution in [2.24, 2.45) is 0 Å². The maximum Gasteiger partial charge on any atom is 0.262 e. The molecule has 122 valence electrons. The molecular formula is C18H22N2O3. The maximum absolute atomic E-state index is 11.9. The second-order valence-corrected chi connectivity index (χ2v) is 5.02. The van der Waals surface area contributed by atoms with E-state index in [0.717, 1.165) is 18.8 Å². The SMILES string of the molecule is CCN(CC)c1ccc(NC(=O)COc2ccccc2O)cc1. The van der Waals surface area contributed by atoms with Crippen molar-refractivity contribution < 1.29 is 14.6 Å². The van der Waals surface area contributed by atoms with E-state index in [1.54, 1.807) is 18.2 Å². The monoisotopic (exact) mass is 314 g/mol. The molecule has 5 nitrogen and oxygen atoms in total. The summed E-state index contributed by atoms with van der Waals surface area (Å²) < 4.78 is 5.30. The first-order chi connectivity index (χ1) is 11.1. The number of aromatic hydroxyl groups is 1. The zero-order valence-electron chi connectivity index (χ0n) is 13.5. The lowest BCUT2D eigenvalue weighted by Crippen LogP contribution is -2.22. The first kappa shape index (κ1) is 16.7. The summed E-state index contributed by atoms with van der Waals surface area (Å²) in [6, 6.07) is 14.2. The van der Waals surface area contributed by atoms with E-state index in [9.17, 15) is 9.90 Å². The van der Waals surface area contributed by atoms with Crippen molar-refractivity contribution in [1.29, 1.82) is 0 Å². The van der Waals surface area contributed by atoms with Gasteiger partial charge in [0, 0.05) is 24.5 Å². The predicted molar refractivity (Wildman–Crippen MR) is 92.2 cm³/mol. The quantitative estimate of drug-likeness (QED) is 0.823. The highest BCUT2D eigenvalue weighted by atomic mass is 16.5. The molecule has 0 heterocycles. The number of phenols is 1. The van der Waals surface area contributed by atoms with Gasteiger partial charge in [0.1, 0.15) is 0 Å². The molecule has 0 fully saturated rings. The van der Waals surface area contributed by atoms with Crippen LogP contribution in [-0.2, 0) is 4.79 Å². The number of para-hydroxylation sites is 2. The topological polar surface area (TPSA) is 61.8 Å². The summed E-state index contributed by atoms with van der Waals surface area (Å²) in [6.07, 6.45) is 0. The molecule has 0 aliphatic carbocycles. The number of rotatable bonds is 7. The van der Waals surface area contributed by atoms with Gasteiger partial charge in [-0.05, 0) is 50.2 Å². The fraction of sp³-hybridized carbons (Fsp3) is 0.278. The van der Waals surface area contributed by atoms with Crippen LogP contribution in [-0.4, -0.2) is 30.7 Å². The zero-order valence-corrected chi connectivity index (χ0v) is 13.5. The van der Waals surface area contributed by atoms with Crippen LogP contribution in [0.2, 0.25) is 0 Å². The molecule has 2 N–H and O–H groups in total. The predicted octanol–water partition coefficient (Wildman–Crippen LogP) is 3.26. The first-order valence-electron chi connectivity index (χ1n) is 7.69. The summed E-state index contributed by atoms with van der Waals surface area (Å²) in [5.41, 5.74) is 1.84. The molecule has 0 spiro atoms. The molecule has 0 aliphatic heterocycles. The first-order valence-corrected chi connectivity index (χ1v) is 7.69. The van der Waals surface area contributed by atoms with Crippen LogP contribution in [0.4, 0.5) is 11.4 Å². The minimum absolute atomic E-state index is 0.0175. The van der Waals surface area contributed by atoms with Crippen LogP contribution in [0.25, 0.3) is 0 Å². The largest absolute Gasteiger partial charge is 0.504 e. The molecule has 0 saturated heterocycles. The molecular weight excluding hydrogens is 292 g/mol. The summed E-state index contributed by atoms with van der Waals surface area (Å²) in [6.45, 7) is 5.94. The van der Waals surface area contributed by atoms with Gasteiger partial charge in [-0.1, -0.05) is 12.1 Å². The Hall–Kier alpha value is -2.69. The fourth-order valence-electron chi connectivity index (χ4n) is 2.26. The van der Waals surface area contributed by atoms with Crippen LogP contribution in [0, 0.1) is 0 Å². The van der Waals surface area contributed by atoms with Crippen molar-refractivity contribution >= 4 is 17.3 Å². The summed E-state index contributed by atoms with van der Waals surface area (Å²) in [7, 11) is 0. The second-order valence-electron chi connectivity index (χ2n) is 5.02. The van der Waals surface area contributed by atoms with Crippen LogP contribution in [0.1, 0.15) is 13.8 Å². The van der Waals surface area contributed by atoms with Gasteiger partial charge in [0.2, 0.25) is 0 Å². The normalized spacial score (nSPS) is 10.2. The summed E-state index contributed by atoms with van der Waals surface area (Å²) in [5, 5.41) is 12.4. The van der Waals surface area contributed by atoms with Crippen molar-refractivity contribution in [3.8, 4) is 11.5 Å². The lowest BCUT2D eigenvalue weighted by atomic mass is 10.2. The van der Waals surface area contributed by atoms with Crippen molar-refractivity contribution in [1.82, 2.24) is 0 Å². The van der Waals surface area contributed by atoms with Crippen molar-refractivity contribution in [2.45, 2.75) is 13.8 Å². The Bertz CT molecular complexity index is 637. The van der Waals surface area contributed by atoms with Crippen molar-refractivity contribution in [3.05, 3.63) is 48.5 Å². The Morgan fingerprint density at radius 1 is 1.09 bits per heavy atom. The van der Waals surface area contributed by atoms with Crippen molar-refractivity contribution in [2.75, 3.05) is 29.9 Å². The van der Waals surface area contributed by atoms with Gasteiger partial charge >= 0.3 is 0 Å². The zero-order chi connectivity index (χ0) is 16.7. The third kappa shape index (κ3) is 4.64. The van der Waals surface area contributed by atoms with E-state index in [0.29, 0.717) is 11.4 Å². The molecule has 0 unspecified atom stereocenters. The number of hydrogen-bond acceptors (Lipinski definition) is 4. The molecule has 2 rings (SSSR count). The molecule has 2 aromatic carbocycles. The molecule has 0 aliphatic rings.